The first kappa shape index (κ1) is 15.3. The van der Waals surface area contributed by atoms with Gasteiger partial charge < -0.3 is 14.5 Å². The second kappa shape index (κ2) is 5.80. The first-order chi connectivity index (χ1) is 11.7. The largest absolute Gasteiger partial charge is 0.463 e. The van der Waals surface area contributed by atoms with Gasteiger partial charge in [-0.1, -0.05) is 23.2 Å². The molecular weight excluding hydrogens is 363 g/mol. The van der Waals surface area contributed by atoms with Crippen LogP contribution in [0, 0.1) is 5.92 Å². The van der Waals surface area contributed by atoms with Gasteiger partial charge in [-0.3, -0.25) is 0 Å². The molecule has 3 saturated heterocycles. The molecule has 2 atom stereocenters. The van der Waals surface area contributed by atoms with E-state index in [2.05, 4.69) is 15.9 Å². The normalized spacial score (nSPS) is 31.2. The van der Waals surface area contributed by atoms with Gasteiger partial charge in [-0.25, -0.2) is 0 Å². The van der Waals surface area contributed by atoms with Gasteiger partial charge in [0.2, 0.25) is 6.23 Å². The minimum absolute atomic E-state index is 0.142. The van der Waals surface area contributed by atoms with E-state index in [1.54, 1.807) is 11.3 Å². The molecule has 2 aromatic rings. The molecule has 0 spiro atoms. The molecule has 4 aliphatic heterocycles. The number of nitrogens with zero attached hydrogens (tertiary/aromatic N) is 2. The Hall–Kier alpha value is -0.940. The average molecular weight is 381 g/mol. The second-order valence-electron chi connectivity index (χ2n) is 6.83. The molecule has 4 aliphatic rings. The Morgan fingerprint density at radius 2 is 1.96 bits per heavy atom. The van der Waals surface area contributed by atoms with Crippen LogP contribution in [0.4, 0.5) is 5.69 Å². The van der Waals surface area contributed by atoms with Crippen LogP contribution in [0.5, 0.6) is 5.75 Å². The van der Waals surface area contributed by atoms with Crippen molar-refractivity contribution in [2.75, 3.05) is 24.5 Å². The number of halogens is 2. The van der Waals surface area contributed by atoms with Crippen molar-refractivity contribution in [3.63, 3.8) is 0 Å². The monoisotopic (exact) mass is 380 g/mol. The summed E-state index contributed by atoms with van der Waals surface area (Å²) < 4.78 is 6.34. The fourth-order valence-electron chi connectivity index (χ4n) is 4.36. The van der Waals surface area contributed by atoms with E-state index in [1.165, 1.54) is 25.9 Å². The zero-order valence-electron chi connectivity index (χ0n) is 13.1. The van der Waals surface area contributed by atoms with E-state index in [0.717, 1.165) is 33.8 Å². The number of piperidine rings is 3. The molecule has 6 heteroatoms. The summed E-state index contributed by atoms with van der Waals surface area (Å²) in [7, 11) is 0. The van der Waals surface area contributed by atoms with Crippen LogP contribution in [0.3, 0.4) is 0 Å². The molecule has 6 rings (SSSR count). The van der Waals surface area contributed by atoms with E-state index in [-0.39, 0.29) is 6.23 Å². The van der Waals surface area contributed by atoms with Crippen LogP contribution in [0.15, 0.2) is 29.6 Å². The Kier molecular flexibility index (Phi) is 3.71. The Morgan fingerprint density at radius 1 is 1.12 bits per heavy atom. The molecule has 126 valence electrons. The number of hydrogen-bond donors (Lipinski definition) is 0. The highest BCUT2D eigenvalue weighted by molar-refractivity contribution is 7.10. The lowest BCUT2D eigenvalue weighted by atomic mass is 9.83. The summed E-state index contributed by atoms with van der Waals surface area (Å²) in [6, 6.07) is 8.40. The van der Waals surface area contributed by atoms with Crippen molar-refractivity contribution < 1.29 is 4.74 Å². The predicted octanol–water partition coefficient (Wildman–Crippen LogP) is 5.05. The summed E-state index contributed by atoms with van der Waals surface area (Å²) in [4.78, 5) is 6.12. The SMILES string of the molecule is Clc1ccc2c(c1)O[C@@H](c1sccc1Cl)N2C1CN2CCC1CC2. The lowest BCUT2D eigenvalue weighted by Gasteiger charge is -2.49. The van der Waals surface area contributed by atoms with Crippen LogP contribution >= 0.6 is 34.5 Å². The molecular formula is C18H18Cl2N2OS. The van der Waals surface area contributed by atoms with Gasteiger partial charge in [-0.05, 0) is 55.4 Å². The third-order valence-electron chi connectivity index (χ3n) is 5.54. The van der Waals surface area contributed by atoms with E-state index in [4.69, 9.17) is 27.9 Å². The number of rotatable bonds is 2. The Labute approximate surface area is 155 Å². The Morgan fingerprint density at radius 3 is 2.62 bits per heavy atom. The summed E-state index contributed by atoms with van der Waals surface area (Å²) in [6.07, 6.45) is 2.40. The molecule has 24 heavy (non-hydrogen) atoms. The molecule has 5 heterocycles. The molecule has 3 nitrogen and oxygen atoms in total. The molecule has 0 N–H and O–H groups in total. The standard InChI is InChI=1S/C18H18Cl2N2OS/c19-12-1-2-14-16(9-12)23-18(17-13(20)5-8-24-17)22(14)15-10-21-6-3-11(15)4-7-21/h1-2,5,8-9,11,15,18H,3-4,6-7,10H2/t15?,18-/m0/s1. The Balaban J connectivity index is 1.59. The van der Waals surface area contributed by atoms with Gasteiger partial charge >= 0.3 is 0 Å². The van der Waals surface area contributed by atoms with Gasteiger partial charge in [0.1, 0.15) is 5.75 Å². The molecule has 0 aliphatic carbocycles. The maximum absolute atomic E-state index is 6.44. The summed E-state index contributed by atoms with van der Waals surface area (Å²) in [5.74, 6) is 1.59. The van der Waals surface area contributed by atoms with Gasteiger partial charge in [0.15, 0.2) is 0 Å². The topological polar surface area (TPSA) is 15.7 Å². The van der Waals surface area contributed by atoms with E-state index in [1.807, 2.05) is 23.6 Å². The van der Waals surface area contributed by atoms with Crippen LogP contribution in [-0.4, -0.2) is 30.6 Å². The number of fused-ring (bicyclic) bond motifs is 4. The van der Waals surface area contributed by atoms with Crippen LogP contribution in [0.1, 0.15) is 23.9 Å². The lowest BCUT2D eigenvalue weighted by molar-refractivity contribution is 0.0705. The van der Waals surface area contributed by atoms with Gasteiger partial charge in [-0.2, -0.15) is 0 Å². The van der Waals surface area contributed by atoms with E-state index >= 15 is 0 Å². The minimum atomic E-state index is -0.142. The smallest absolute Gasteiger partial charge is 0.210 e. The van der Waals surface area contributed by atoms with Gasteiger partial charge in [0, 0.05) is 23.7 Å². The first-order valence-corrected chi connectivity index (χ1v) is 10.0. The first-order valence-electron chi connectivity index (χ1n) is 8.40. The van der Waals surface area contributed by atoms with E-state index < -0.39 is 0 Å². The summed E-state index contributed by atoms with van der Waals surface area (Å²) >= 11 is 14.3. The van der Waals surface area contributed by atoms with Gasteiger partial charge in [0.05, 0.1) is 15.6 Å². The number of ether oxygens (including phenoxy) is 1. The zero-order chi connectivity index (χ0) is 16.3. The quantitative estimate of drug-likeness (QED) is 0.724. The van der Waals surface area contributed by atoms with Crippen LogP contribution < -0.4 is 9.64 Å². The van der Waals surface area contributed by atoms with Crippen molar-refractivity contribution in [3.8, 4) is 5.75 Å². The molecule has 0 amide bonds. The maximum Gasteiger partial charge on any atom is 0.210 e. The highest BCUT2D eigenvalue weighted by Gasteiger charge is 2.45. The summed E-state index contributed by atoms with van der Waals surface area (Å²) in [6.45, 7) is 3.57. The van der Waals surface area contributed by atoms with Crippen molar-refractivity contribution in [2.24, 2.45) is 5.92 Å². The number of anilines is 1. The Bertz CT molecular complexity index is 772. The highest BCUT2D eigenvalue weighted by Crippen LogP contribution is 2.50. The van der Waals surface area contributed by atoms with Crippen molar-refractivity contribution in [1.82, 2.24) is 4.90 Å². The molecule has 2 bridgehead atoms. The van der Waals surface area contributed by atoms with Crippen molar-refractivity contribution in [2.45, 2.75) is 25.1 Å². The van der Waals surface area contributed by atoms with Crippen molar-refractivity contribution in [3.05, 3.63) is 44.6 Å². The molecule has 3 fully saturated rings. The third kappa shape index (κ3) is 2.35. The van der Waals surface area contributed by atoms with Gasteiger partial charge in [0.25, 0.3) is 0 Å². The number of benzene rings is 1. The highest BCUT2D eigenvalue weighted by atomic mass is 35.5. The molecule has 1 aromatic heterocycles. The summed E-state index contributed by atoms with van der Waals surface area (Å²) in [5.41, 5.74) is 1.15. The zero-order valence-corrected chi connectivity index (χ0v) is 15.4. The van der Waals surface area contributed by atoms with Crippen molar-refractivity contribution in [1.29, 1.82) is 0 Å². The van der Waals surface area contributed by atoms with Crippen molar-refractivity contribution >= 4 is 40.2 Å². The lowest BCUT2D eigenvalue weighted by Crippen LogP contribution is -2.57. The van der Waals surface area contributed by atoms with E-state index in [0.29, 0.717) is 11.1 Å². The average Bonchev–Trinajstić information content (AvgIpc) is 3.18. The van der Waals surface area contributed by atoms with Crippen LogP contribution in [0.25, 0.3) is 0 Å². The van der Waals surface area contributed by atoms with Crippen LogP contribution in [-0.2, 0) is 0 Å². The molecule has 0 radical (unpaired) electrons. The molecule has 1 unspecified atom stereocenters. The number of hydrogen-bond acceptors (Lipinski definition) is 4. The number of thiophene rings is 1. The minimum Gasteiger partial charge on any atom is -0.463 e. The second-order valence-corrected chi connectivity index (χ2v) is 8.62. The van der Waals surface area contributed by atoms with Crippen LogP contribution in [0.2, 0.25) is 10.0 Å². The van der Waals surface area contributed by atoms with E-state index in [9.17, 15) is 0 Å². The fourth-order valence-corrected chi connectivity index (χ4v) is 5.70. The van der Waals surface area contributed by atoms with Gasteiger partial charge in [-0.15, -0.1) is 11.3 Å². The fraction of sp³-hybridized carbons (Fsp3) is 0.444. The molecule has 0 saturated carbocycles. The maximum atomic E-state index is 6.44. The third-order valence-corrected chi connectivity index (χ3v) is 7.16. The molecule has 1 aromatic carbocycles. The summed E-state index contributed by atoms with van der Waals surface area (Å²) in [5, 5.41) is 3.53. The predicted molar refractivity (Wildman–Crippen MR) is 99.6 cm³/mol.